The predicted octanol–water partition coefficient (Wildman–Crippen LogP) is 4.56. The fourth-order valence-electron chi connectivity index (χ4n) is 2.13. The van der Waals surface area contributed by atoms with Gasteiger partial charge < -0.3 is 10.1 Å². The van der Waals surface area contributed by atoms with Crippen LogP contribution in [0.5, 0.6) is 5.75 Å². The summed E-state index contributed by atoms with van der Waals surface area (Å²) in [6, 6.07) is 8.83. The second kappa shape index (κ2) is 8.98. The van der Waals surface area contributed by atoms with E-state index in [0.29, 0.717) is 12.0 Å². The molecule has 108 valence electrons. The van der Waals surface area contributed by atoms with Gasteiger partial charge in [0.05, 0.1) is 6.61 Å². The Morgan fingerprint density at radius 1 is 1.16 bits per heavy atom. The molecule has 0 saturated carbocycles. The average molecular weight is 263 g/mol. The molecule has 0 amide bonds. The van der Waals surface area contributed by atoms with Crippen LogP contribution in [-0.2, 0) is 0 Å². The van der Waals surface area contributed by atoms with Crippen molar-refractivity contribution >= 4 is 0 Å². The zero-order valence-electron chi connectivity index (χ0n) is 12.9. The summed E-state index contributed by atoms with van der Waals surface area (Å²) in [5.74, 6) is 1.68. The number of unbranched alkanes of at least 4 members (excludes halogenated alkanes) is 1. The molecule has 0 saturated heterocycles. The van der Waals surface area contributed by atoms with Crippen LogP contribution in [0.25, 0.3) is 0 Å². The lowest BCUT2D eigenvalue weighted by Crippen LogP contribution is -2.13. The number of ether oxygens (including phenoxy) is 1. The van der Waals surface area contributed by atoms with Gasteiger partial charge in [0.15, 0.2) is 0 Å². The number of hydrogen-bond donors (Lipinski definition) is 1. The molecule has 1 aromatic carbocycles. The fraction of sp³-hybridized carbons (Fsp3) is 0.647. The Labute approximate surface area is 118 Å². The van der Waals surface area contributed by atoms with Gasteiger partial charge in [0.1, 0.15) is 5.75 Å². The number of rotatable bonds is 9. The van der Waals surface area contributed by atoms with Crippen molar-refractivity contribution in [2.45, 2.75) is 52.5 Å². The van der Waals surface area contributed by atoms with Crippen LogP contribution in [0.1, 0.15) is 58.1 Å². The van der Waals surface area contributed by atoms with Crippen molar-refractivity contribution in [3.8, 4) is 5.75 Å². The summed E-state index contributed by atoms with van der Waals surface area (Å²) in [4.78, 5) is 0. The van der Waals surface area contributed by atoms with Gasteiger partial charge >= 0.3 is 0 Å². The van der Waals surface area contributed by atoms with E-state index in [9.17, 15) is 0 Å². The van der Waals surface area contributed by atoms with Crippen LogP contribution in [0.3, 0.4) is 0 Å². The quantitative estimate of drug-likeness (QED) is 0.705. The van der Waals surface area contributed by atoms with Gasteiger partial charge in [-0.2, -0.15) is 0 Å². The summed E-state index contributed by atoms with van der Waals surface area (Å²) in [7, 11) is 1.98. The van der Waals surface area contributed by atoms with E-state index in [0.717, 1.165) is 12.4 Å². The standard InChI is InChI=1S/C17H29NO/c1-5-7-8-15(6-2)13-19-17-11-9-16(10-12-17)14(3)18-4/h9-12,14-15,18H,5-8,13H2,1-4H3. The lowest BCUT2D eigenvalue weighted by atomic mass is 10.0. The predicted molar refractivity (Wildman–Crippen MR) is 82.7 cm³/mol. The topological polar surface area (TPSA) is 21.3 Å². The Balaban J connectivity index is 2.44. The molecular weight excluding hydrogens is 234 g/mol. The van der Waals surface area contributed by atoms with E-state index >= 15 is 0 Å². The molecule has 1 aromatic rings. The molecule has 0 heterocycles. The van der Waals surface area contributed by atoms with Crippen LogP contribution in [-0.4, -0.2) is 13.7 Å². The summed E-state index contributed by atoms with van der Waals surface area (Å²) in [6.45, 7) is 7.50. The Kier molecular flexibility index (Phi) is 7.57. The van der Waals surface area contributed by atoms with E-state index in [4.69, 9.17) is 4.74 Å². The van der Waals surface area contributed by atoms with E-state index in [1.807, 2.05) is 7.05 Å². The Hall–Kier alpha value is -1.02. The van der Waals surface area contributed by atoms with Crippen LogP contribution < -0.4 is 10.1 Å². The van der Waals surface area contributed by atoms with E-state index < -0.39 is 0 Å². The van der Waals surface area contributed by atoms with Crippen molar-refractivity contribution in [2.24, 2.45) is 5.92 Å². The molecule has 2 heteroatoms. The van der Waals surface area contributed by atoms with Crippen LogP contribution in [0, 0.1) is 5.92 Å². The molecule has 0 aromatic heterocycles. The Bertz CT molecular complexity index is 334. The average Bonchev–Trinajstić information content (AvgIpc) is 2.47. The van der Waals surface area contributed by atoms with Crippen LogP contribution in [0.2, 0.25) is 0 Å². The second-order valence-electron chi connectivity index (χ2n) is 5.31. The number of benzene rings is 1. The van der Waals surface area contributed by atoms with Gasteiger partial charge in [0.2, 0.25) is 0 Å². The highest BCUT2D eigenvalue weighted by Crippen LogP contribution is 2.19. The highest BCUT2D eigenvalue weighted by atomic mass is 16.5. The lowest BCUT2D eigenvalue weighted by molar-refractivity contribution is 0.233. The lowest BCUT2D eigenvalue weighted by Gasteiger charge is -2.16. The van der Waals surface area contributed by atoms with Gasteiger partial charge in [0, 0.05) is 6.04 Å². The number of hydrogen-bond acceptors (Lipinski definition) is 2. The molecule has 2 atom stereocenters. The summed E-state index contributed by atoms with van der Waals surface area (Å²) >= 11 is 0. The third-order valence-corrected chi connectivity index (χ3v) is 3.84. The van der Waals surface area contributed by atoms with Crippen molar-refractivity contribution in [3.63, 3.8) is 0 Å². The summed E-state index contributed by atoms with van der Waals surface area (Å²) in [5, 5.41) is 3.24. The highest BCUT2D eigenvalue weighted by molar-refractivity contribution is 5.28. The van der Waals surface area contributed by atoms with Gasteiger partial charge in [-0.25, -0.2) is 0 Å². The van der Waals surface area contributed by atoms with Crippen molar-refractivity contribution in [2.75, 3.05) is 13.7 Å². The third-order valence-electron chi connectivity index (χ3n) is 3.84. The SMILES string of the molecule is CCCCC(CC)COc1ccc(C(C)NC)cc1. The molecule has 19 heavy (non-hydrogen) atoms. The maximum Gasteiger partial charge on any atom is 0.119 e. The Morgan fingerprint density at radius 3 is 2.37 bits per heavy atom. The molecule has 0 spiro atoms. The summed E-state index contributed by atoms with van der Waals surface area (Å²) in [6.07, 6.45) is 5.06. The molecule has 0 aliphatic heterocycles. The Morgan fingerprint density at radius 2 is 1.84 bits per heavy atom. The van der Waals surface area contributed by atoms with Gasteiger partial charge in [-0.1, -0.05) is 45.2 Å². The second-order valence-corrected chi connectivity index (χ2v) is 5.31. The first-order valence-corrected chi connectivity index (χ1v) is 7.61. The minimum absolute atomic E-state index is 0.391. The van der Waals surface area contributed by atoms with Gasteiger partial charge in [-0.15, -0.1) is 0 Å². The minimum atomic E-state index is 0.391. The highest BCUT2D eigenvalue weighted by Gasteiger charge is 2.07. The van der Waals surface area contributed by atoms with Crippen molar-refractivity contribution in [1.82, 2.24) is 5.32 Å². The van der Waals surface area contributed by atoms with E-state index in [1.165, 1.54) is 31.2 Å². The molecule has 1 rings (SSSR count). The molecule has 1 N–H and O–H groups in total. The summed E-state index contributed by atoms with van der Waals surface area (Å²) in [5.41, 5.74) is 1.30. The molecule has 0 radical (unpaired) electrons. The molecule has 0 fully saturated rings. The van der Waals surface area contributed by atoms with Crippen molar-refractivity contribution in [3.05, 3.63) is 29.8 Å². The van der Waals surface area contributed by atoms with Crippen molar-refractivity contribution in [1.29, 1.82) is 0 Å². The molecule has 0 bridgehead atoms. The number of nitrogens with one attached hydrogen (secondary N) is 1. The van der Waals surface area contributed by atoms with Crippen molar-refractivity contribution < 1.29 is 4.74 Å². The zero-order chi connectivity index (χ0) is 14.1. The summed E-state index contributed by atoms with van der Waals surface area (Å²) < 4.78 is 5.90. The van der Waals surface area contributed by atoms with Crippen LogP contribution >= 0.6 is 0 Å². The van der Waals surface area contributed by atoms with Gasteiger partial charge in [-0.05, 0) is 44.0 Å². The van der Waals surface area contributed by atoms with E-state index in [1.54, 1.807) is 0 Å². The fourth-order valence-corrected chi connectivity index (χ4v) is 2.13. The smallest absolute Gasteiger partial charge is 0.119 e. The third kappa shape index (κ3) is 5.65. The normalized spacial score (nSPS) is 14.1. The van der Waals surface area contributed by atoms with Gasteiger partial charge in [-0.3, -0.25) is 0 Å². The zero-order valence-corrected chi connectivity index (χ0v) is 12.9. The first kappa shape index (κ1) is 16.0. The molecule has 0 aliphatic rings. The first-order valence-electron chi connectivity index (χ1n) is 7.61. The largest absolute Gasteiger partial charge is 0.493 e. The van der Waals surface area contributed by atoms with Crippen LogP contribution in [0.4, 0.5) is 0 Å². The van der Waals surface area contributed by atoms with Gasteiger partial charge in [0.25, 0.3) is 0 Å². The first-order chi connectivity index (χ1) is 9.21. The monoisotopic (exact) mass is 263 g/mol. The maximum atomic E-state index is 5.90. The maximum absolute atomic E-state index is 5.90. The van der Waals surface area contributed by atoms with E-state index in [2.05, 4.69) is 50.4 Å². The minimum Gasteiger partial charge on any atom is -0.493 e. The molecular formula is C17H29NO. The van der Waals surface area contributed by atoms with Crippen LogP contribution in [0.15, 0.2) is 24.3 Å². The molecule has 2 unspecified atom stereocenters. The van der Waals surface area contributed by atoms with E-state index in [-0.39, 0.29) is 0 Å². The molecule has 2 nitrogen and oxygen atoms in total. The molecule has 0 aliphatic carbocycles.